The summed E-state index contributed by atoms with van der Waals surface area (Å²) in [6.07, 6.45) is 0.503. The highest BCUT2D eigenvalue weighted by Crippen LogP contribution is 2.09. The topological polar surface area (TPSA) is 92.1 Å². The van der Waals surface area contributed by atoms with E-state index in [1.54, 1.807) is 31.0 Å². The van der Waals surface area contributed by atoms with E-state index in [1.165, 1.54) is 0 Å². The van der Waals surface area contributed by atoms with Crippen molar-refractivity contribution in [2.75, 3.05) is 7.05 Å². The van der Waals surface area contributed by atoms with Crippen molar-refractivity contribution in [3.05, 3.63) is 57.8 Å². The van der Waals surface area contributed by atoms with Crippen LogP contribution >= 0.6 is 0 Å². The first-order valence-electron chi connectivity index (χ1n) is 7.67. The van der Waals surface area contributed by atoms with E-state index >= 15 is 0 Å². The van der Waals surface area contributed by atoms with E-state index in [1.807, 2.05) is 18.2 Å². The zero-order chi connectivity index (χ0) is 17.1. The van der Waals surface area contributed by atoms with Crippen molar-refractivity contribution in [3.8, 4) is 0 Å². The van der Waals surface area contributed by atoms with Crippen molar-refractivity contribution in [2.45, 2.75) is 26.3 Å². The summed E-state index contributed by atoms with van der Waals surface area (Å²) in [7, 11) is 1.70. The lowest BCUT2D eigenvalue weighted by atomic mass is 10.2. The van der Waals surface area contributed by atoms with E-state index in [0.717, 1.165) is 0 Å². The number of nitrogens with one attached hydrogen (secondary N) is 1. The third kappa shape index (κ3) is 3.51. The smallest absolute Gasteiger partial charge is 0.270 e. The van der Waals surface area contributed by atoms with Crippen LogP contribution in [0, 0.1) is 6.92 Å². The lowest BCUT2D eigenvalue weighted by Crippen LogP contribution is -2.27. The highest BCUT2D eigenvalue weighted by atomic mass is 16.5. The monoisotopic (exact) mass is 326 g/mol. The maximum Gasteiger partial charge on any atom is 0.270 e. The third-order valence-electron chi connectivity index (χ3n) is 3.75. The molecule has 0 spiro atoms. The largest absolute Gasteiger partial charge is 0.361 e. The van der Waals surface area contributed by atoms with Crippen LogP contribution in [0.25, 0.3) is 11.0 Å². The van der Waals surface area contributed by atoms with Gasteiger partial charge in [-0.3, -0.25) is 9.59 Å². The fourth-order valence-corrected chi connectivity index (χ4v) is 2.48. The molecule has 0 unspecified atom stereocenters. The average Bonchev–Trinajstić information content (AvgIpc) is 2.97. The molecule has 3 aromatic rings. The van der Waals surface area contributed by atoms with E-state index in [-0.39, 0.29) is 17.9 Å². The summed E-state index contributed by atoms with van der Waals surface area (Å²) in [5.74, 6) is 0.628. The molecule has 1 amide bonds. The Balaban J connectivity index is 1.65. The van der Waals surface area contributed by atoms with Crippen LogP contribution in [0.1, 0.15) is 23.6 Å². The number of H-pyrrole nitrogens is 1. The molecule has 0 bridgehead atoms. The molecule has 0 aliphatic rings. The van der Waals surface area contributed by atoms with Gasteiger partial charge in [0, 0.05) is 26.0 Å². The number of rotatable bonds is 5. The molecular formula is C17H18N4O3. The van der Waals surface area contributed by atoms with Crippen LogP contribution in [0.15, 0.2) is 39.6 Å². The number of aromatic amines is 1. The van der Waals surface area contributed by atoms with Crippen molar-refractivity contribution in [1.82, 2.24) is 20.0 Å². The molecule has 0 atom stereocenters. The van der Waals surface area contributed by atoms with Crippen molar-refractivity contribution in [1.29, 1.82) is 0 Å². The van der Waals surface area contributed by atoms with Crippen LogP contribution in [-0.2, 0) is 17.8 Å². The minimum Gasteiger partial charge on any atom is -0.361 e. The Morgan fingerprint density at radius 1 is 1.33 bits per heavy atom. The number of aryl methyl sites for hydroxylation is 2. The van der Waals surface area contributed by atoms with Gasteiger partial charge in [-0.2, -0.15) is 0 Å². The summed E-state index contributed by atoms with van der Waals surface area (Å²) in [5.41, 5.74) is 2.22. The number of aromatic nitrogens is 3. The summed E-state index contributed by atoms with van der Waals surface area (Å²) in [6, 6.07) is 9.11. The molecule has 1 N–H and O–H groups in total. The Morgan fingerprint density at radius 3 is 2.88 bits per heavy atom. The van der Waals surface area contributed by atoms with Gasteiger partial charge in [0.05, 0.1) is 17.6 Å². The van der Waals surface area contributed by atoms with Gasteiger partial charge in [0.2, 0.25) is 5.91 Å². The first kappa shape index (κ1) is 15.9. The fraction of sp³-hybridized carbons (Fsp3) is 0.294. The van der Waals surface area contributed by atoms with E-state index in [0.29, 0.717) is 41.1 Å². The number of benzene rings is 1. The predicted octanol–water partition coefficient (Wildman–Crippen LogP) is 1.81. The number of nitrogens with zero attached hydrogens (tertiary/aromatic N) is 3. The minimum atomic E-state index is -0.253. The van der Waals surface area contributed by atoms with Crippen LogP contribution in [0.4, 0.5) is 0 Å². The first-order chi connectivity index (χ1) is 11.5. The summed E-state index contributed by atoms with van der Waals surface area (Å²) < 4.78 is 4.99. The van der Waals surface area contributed by atoms with E-state index in [4.69, 9.17) is 4.52 Å². The van der Waals surface area contributed by atoms with Crippen molar-refractivity contribution in [2.24, 2.45) is 0 Å². The van der Waals surface area contributed by atoms with Gasteiger partial charge in [-0.25, -0.2) is 4.98 Å². The predicted molar refractivity (Wildman–Crippen MR) is 88.4 cm³/mol. The number of hydrogen-bond acceptors (Lipinski definition) is 5. The summed E-state index contributed by atoms with van der Waals surface area (Å²) in [4.78, 5) is 33.0. The quantitative estimate of drug-likeness (QED) is 0.772. The molecule has 3 rings (SSSR count). The molecule has 0 saturated carbocycles. The molecule has 0 fully saturated rings. The number of carbonyl (C=O) groups excluding carboxylic acids is 1. The molecule has 24 heavy (non-hydrogen) atoms. The number of para-hydroxylation sites is 2. The standard InChI is InChI=1S/C17H18N4O3/c1-11-9-12(20-24-11)10-21(2)16(22)8-7-15-17(23)19-14-6-4-3-5-13(14)18-15/h3-6,9H,7-8,10H2,1-2H3,(H,19,23). The van der Waals surface area contributed by atoms with Crippen LogP contribution in [0.2, 0.25) is 0 Å². The summed E-state index contributed by atoms with van der Waals surface area (Å²) in [5, 5.41) is 3.87. The Kier molecular flexibility index (Phi) is 4.41. The molecular weight excluding hydrogens is 308 g/mol. The molecule has 0 saturated heterocycles. The number of amides is 1. The van der Waals surface area contributed by atoms with Gasteiger partial charge in [-0.15, -0.1) is 0 Å². The van der Waals surface area contributed by atoms with Crippen molar-refractivity contribution in [3.63, 3.8) is 0 Å². The average molecular weight is 326 g/mol. The molecule has 0 aliphatic carbocycles. The second-order valence-electron chi connectivity index (χ2n) is 5.71. The Morgan fingerprint density at radius 2 is 2.12 bits per heavy atom. The minimum absolute atomic E-state index is 0.0787. The highest BCUT2D eigenvalue weighted by Gasteiger charge is 2.13. The Bertz CT molecular complexity index is 929. The molecule has 2 aromatic heterocycles. The first-order valence-corrected chi connectivity index (χ1v) is 7.67. The van der Waals surface area contributed by atoms with E-state index < -0.39 is 0 Å². The zero-order valence-corrected chi connectivity index (χ0v) is 13.6. The Hall–Kier alpha value is -2.96. The van der Waals surface area contributed by atoms with Crippen LogP contribution < -0.4 is 5.56 Å². The van der Waals surface area contributed by atoms with Gasteiger partial charge >= 0.3 is 0 Å². The van der Waals surface area contributed by atoms with Crippen LogP contribution in [0.5, 0.6) is 0 Å². The van der Waals surface area contributed by atoms with Gasteiger partial charge < -0.3 is 14.4 Å². The molecule has 0 radical (unpaired) electrons. The van der Waals surface area contributed by atoms with E-state index in [2.05, 4.69) is 15.1 Å². The van der Waals surface area contributed by atoms with Crippen LogP contribution in [0.3, 0.4) is 0 Å². The lowest BCUT2D eigenvalue weighted by Gasteiger charge is -2.15. The zero-order valence-electron chi connectivity index (χ0n) is 13.6. The number of hydrogen-bond donors (Lipinski definition) is 1. The van der Waals surface area contributed by atoms with Crippen LogP contribution in [-0.4, -0.2) is 33.0 Å². The molecule has 2 heterocycles. The maximum absolute atomic E-state index is 12.2. The fourth-order valence-electron chi connectivity index (χ4n) is 2.48. The normalized spacial score (nSPS) is 10.9. The SMILES string of the molecule is Cc1cc(CN(C)C(=O)CCc2nc3ccccc3[nH]c2=O)no1. The summed E-state index contributed by atoms with van der Waals surface area (Å²) in [6.45, 7) is 2.17. The van der Waals surface area contributed by atoms with Gasteiger partial charge in [0.15, 0.2) is 0 Å². The van der Waals surface area contributed by atoms with Gasteiger partial charge in [-0.1, -0.05) is 17.3 Å². The van der Waals surface area contributed by atoms with Gasteiger partial charge in [0.1, 0.15) is 17.1 Å². The second-order valence-corrected chi connectivity index (χ2v) is 5.71. The lowest BCUT2D eigenvalue weighted by molar-refractivity contribution is -0.130. The van der Waals surface area contributed by atoms with Crippen molar-refractivity contribution < 1.29 is 9.32 Å². The molecule has 1 aromatic carbocycles. The molecule has 124 valence electrons. The van der Waals surface area contributed by atoms with E-state index in [9.17, 15) is 9.59 Å². The maximum atomic E-state index is 12.2. The number of carbonyl (C=O) groups is 1. The van der Waals surface area contributed by atoms with Gasteiger partial charge in [0.25, 0.3) is 5.56 Å². The molecule has 7 heteroatoms. The second kappa shape index (κ2) is 6.66. The van der Waals surface area contributed by atoms with Crippen molar-refractivity contribution >= 4 is 16.9 Å². The Labute approximate surface area is 138 Å². The molecule has 0 aliphatic heterocycles. The third-order valence-corrected chi connectivity index (χ3v) is 3.75. The summed E-state index contributed by atoms with van der Waals surface area (Å²) >= 11 is 0. The number of fused-ring (bicyclic) bond motifs is 1. The molecule has 7 nitrogen and oxygen atoms in total. The van der Waals surface area contributed by atoms with Gasteiger partial charge in [-0.05, 0) is 19.1 Å². The highest BCUT2D eigenvalue weighted by molar-refractivity contribution is 5.76.